The largest absolute Gasteiger partial charge is 0.444 e. The summed E-state index contributed by atoms with van der Waals surface area (Å²) in [5, 5.41) is 3.33. The minimum atomic E-state index is -0.574. The molecule has 0 bridgehead atoms. The molecular formula is C15H21BrFNO2. The van der Waals surface area contributed by atoms with Gasteiger partial charge in [-0.15, -0.1) is 0 Å². The summed E-state index contributed by atoms with van der Waals surface area (Å²) in [7, 11) is 0. The summed E-state index contributed by atoms with van der Waals surface area (Å²) in [4.78, 5) is 11.8. The number of carbonyl (C=O) groups excluding carboxylic acids is 1. The third-order valence-corrected chi connectivity index (χ3v) is 4.08. The van der Waals surface area contributed by atoms with Crippen molar-refractivity contribution >= 4 is 27.7 Å². The van der Waals surface area contributed by atoms with E-state index in [1.807, 2.05) is 13.8 Å². The molecule has 0 unspecified atom stereocenters. The van der Waals surface area contributed by atoms with Gasteiger partial charge >= 0.3 is 6.09 Å². The Bertz CT molecular complexity index is 495. The van der Waals surface area contributed by atoms with Crippen molar-refractivity contribution in [1.82, 2.24) is 0 Å². The molecule has 1 rings (SSSR count). The number of hydrogen-bond donors (Lipinski definition) is 1. The fraction of sp³-hybridized carbons (Fsp3) is 0.533. The SMILES string of the molecule is CC(C)(C)OC(=O)Nc1ccc(F)cc1C(C)(C)CBr. The van der Waals surface area contributed by atoms with E-state index in [0.717, 1.165) is 5.56 Å². The molecule has 0 fully saturated rings. The number of benzene rings is 1. The van der Waals surface area contributed by atoms with Crippen molar-refractivity contribution in [3.63, 3.8) is 0 Å². The number of alkyl halides is 1. The van der Waals surface area contributed by atoms with Crippen LogP contribution < -0.4 is 5.32 Å². The maximum absolute atomic E-state index is 13.5. The molecule has 0 heterocycles. The Hall–Kier alpha value is -1.10. The lowest BCUT2D eigenvalue weighted by atomic mass is 9.85. The van der Waals surface area contributed by atoms with Crippen molar-refractivity contribution < 1.29 is 13.9 Å². The Morgan fingerprint density at radius 3 is 2.40 bits per heavy atom. The number of halogens is 2. The smallest absolute Gasteiger partial charge is 0.412 e. The second-order valence-corrected chi connectivity index (χ2v) is 6.90. The van der Waals surface area contributed by atoms with Crippen LogP contribution in [0.5, 0.6) is 0 Å². The first-order valence-corrected chi connectivity index (χ1v) is 7.53. The monoisotopic (exact) mass is 345 g/mol. The predicted molar refractivity (Wildman–Crippen MR) is 83.1 cm³/mol. The molecule has 5 heteroatoms. The van der Waals surface area contributed by atoms with E-state index in [1.54, 1.807) is 26.8 Å². The summed E-state index contributed by atoms with van der Waals surface area (Å²) in [6.07, 6.45) is -0.546. The minimum Gasteiger partial charge on any atom is -0.444 e. The van der Waals surface area contributed by atoms with Gasteiger partial charge < -0.3 is 4.74 Å². The van der Waals surface area contributed by atoms with Crippen LogP contribution in [0.3, 0.4) is 0 Å². The Labute approximate surface area is 128 Å². The lowest BCUT2D eigenvalue weighted by Crippen LogP contribution is -2.29. The highest BCUT2D eigenvalue weighted by Gasteiger charge is 2.25. The van der Waals surface area contributed by atoms with E-state index in [1.165, 1.54) is 12.1 Å². The molecule has 0 aromatic heterocycles. The Kier molecular flexibility index (Phi) is 5.19. The van der Waals surface area contributed by atoms with Crippen molar-refractivity contribution in [2.75, 3.05) is 10.6 Å². The van der Waals surface area contributed by atoms with Gasteiger partial charge in [-0.25, -0.2) is 9.18 Å². The van der Waals surface area contributed by atoms with Gasteiger partial charge in [0.1, 0.15) is 11.4 Å². The van der Waals surface area contributed by atoms with E-state index in [-0.39, 0.29) is 11.2 Å². The molecule has 0 aliphatic heterocycles. The molecule has 0 spiro atoms. The molecule has 1 amide bonds. The molecule has 0 aliphatic carbocycles. The summed E-state index contributed by atoms with van der Waals surface area (Å²) < 4.78 is 18.7. The number of nitrogens with one attached hydrogen (secondary N) is 1. The first-order valence-electron chi connectivity index (χ1n) is 6.41. The highest BCUT2D eigenvalue weighted by molar-refractivity contribution is 9.09. The van der Waals surface area contributed by atoms with Crippen LogP contribution in [0.4, 0.5) is 14.9 Å². The Morgan fingerprint density at radius 2 is 1.90 bits per heavy atom. The van der Waals surface area contributed by atoms with Crippen molar-refractivity contribution in [1.29, 1.82) is 0 Å². The molecule has 20 heavy (non-hydrogen) atoms. The highest BCUT2D eigenvalue weighted by Crippen LogP contribution is 2.32. The number of carbonyl (C=O) groups is 1. The fourth-order valence-corrected chi connectivity index (χ4v) is 1.97. The highest BCUT2D eigenvalue weighted by atomic mass is 79.9. The van der Waals surface area contributed by atoms with Gasteiger partial charge in [-0.1, -0.05) is 29.8 Å². The van der Waals surface area contributed by atoms with Crippen LogP contribution in [0.25, 0.3) is 0 Å². The summed E-state index contributed by atoms with van der Waals surface area (Å²) >= 11 is 3.41. The van der Waals surface area contributed by atoms with Crippen LogP contribution in [0.2, 0.25) is 0 Å². The fourth-order valence-electron chi connectivity index (χ4n) is 1.67. The second kappa shape index (κ2) is 6.12. The molecule has 1 N–H and O–H groups in total. The van der Waals surface area contributed by atoms with Crippen LogP contribution in [0, 0.1) is 5.82 Å². The van der Waals surface area contributed by atoms with Crippen molar-refractivity contribution in [2.24, 2.45) is 0 Å². The van der Waals surface area contributed by atoms with Crippen LogP contribution >= 0.6 is 15.9 Å². The molecule has 112 valence electrons. The molecule has 0 saturated carbocycles. The second-order valence-electron chi connectivity index (χ2n) is 6.33. The molecule has 0 atom stereocenters. The standard InChI is InChI=1S/C15H21BrFNO2/c1-14(2,3)20-13(19)18-12-7-6-10(17)8-11(12)15(4,5)9-16/h6-8H,9H2,1-5H3,(H,18,19). The lowest BCUT2D eigenvalue weighted by Gasteiger charge is -2.26. The third kappa shape index (κ3) is 4.78. The first-order chi connectivity index (χ1) is 9.05. The van der Waals surface area contributed by atoms with Gasteiger partial charge in [-0.3, -0.25) is 5.32 Å². The predicted octanol–water partition coefficient (Wildman–Crippen LogP) is 4.85. The van der Waals surface area contributed by atoms with Crippen molar-refractivity contribution in [2.45, 2.75) is 45.6 Å². The normalized spacial score (nSPS) is 12.2. The van der Waals surface area contributed by atoms with Gasteiger partial charge in [0.2, 0.25) is 0 Å². The molecule has 0 aliphatic rings. The number of rotatable bonds is 3. The van der Waals surface area contributed by atoms with Crippen LogP contribution in [-0.2, 0) is 10.2 Å². The van der Waals surface area contributed by atoms with Crippen LogP contribution in [0.1, 0.15) is 40.2 Å². The maximum Gasteiger partial charge on any atom is 0.412 e. The van der Waals surface area contributed by atoms with Crippen molar-refractivity contribution in [3.8, 4) is 0 Å². The molecule has 0 saturated heterocycles. The number of anilines is 1. The van der Waals surface area contributed by atoms with Crippen molar-refractivity contribution in [3.05, 3.63) is 29.6 Å². The molecule has 0 radical (unpaired) electrons. The molecule has 3 nitrogen and oxygen atoms in total. The van der Waals surface area contributed by atoms with Gasteiger partial charge in [0.15, 0.2) is 0 Å². The van der Waals surface area contributed by atoms with E-state index in [4.69, 9.17) is 4.74 Å². The zero-order valence-electron chi connectivity index (χ0n) is 12.5. The summed E-state index contributed by atoms with van der Waals surface area (Å²) in [6.45, 7) is 9.31. The maximum atomic E-state index is 13.5. The number of ether oxygens (including phenoxy) is 1. The van der Waals surface area contributed by atoms with Crippen LogP contribution in [-0.4, -0.2) is 17.0 Å². The van der Waals surface area contributed by atoms with Gasteiger partial charge in [0.05, 0.1) is 0 Å². The summed E-state index contributed by atoms with van der Waals surface area (Å²) in [5.74, 6) is -0.330. The summed E-state index contributed by atoms with van der Waals surface area (Å²) in [5.41, 5.74) is 0.395. The molecule has 1 aromatic carbocycles. The van der Waals surface area contributed by atoms with E-state index in [9.17, 15) is 9.18 Å². The first kappa shape index (κ1) is 17.0. The minimum absolute atomic E-state index is 0.313. The zero-order chi connectivity index (χ0) is 15.6. The van der Waals surface area contributed by atoms with E-state index < -0.39 is 11.7 Å². The zero-order valence-corrected chi connectivity index (χ0v) is 14.1. The number of amides is 1. The quantitative estimate of drug-likeness (QED) is 0.795. The van der Waals surface area contributed by atoms with Gasteiger partial charge in [-0.2, -0.15) is 0 Å². The van der Waals surface area contributed by atoms with Gasteiger partial charge in [-0.05, 0) is 44.5 Å². The van der Waals surface area contributed by atoms with Gasteiger partial charge in [0, 0.05) is 16.4 Å². The Morgan fingerprint density at radius 1 is 1.30 bits per heavy atom. The van der Waals surface area contributed by atoms with E-state index in [2.05, 4.69) is 21.2 Å². The number of hydrogen-bond acceptors (Lipinski definition) is 2. The Balaban J connectivity index is 3.04. The topological polar surface area (TPSA) is 38.3 Å². The van der Waals surface area contributed by atoms with Crippen LogP contribution in [0.15, 0.2) is 18.2 Å². The van der Waals surface area contributed by atoms with E-state index in [0.29, 0.717) is 11.0 Å². The average molecular weight is 346 g/mol. The van der Waals surface area contributed by atoms with E-state index >= 15 is 0 Å². The average Bonchev–Trinajstić information content (AvgIpc) is 2.29. The summed E-state index contributed by atoms with van der Waals surface area (Å²) in [6, 6.07) is 4.31. The van der Waals surface area contributed by atoms with Gasteiger partial charge in [0.25, 0.3) is 0 Å². The third-order valence-electron chi connectivity index (χ3n) is 2.68. The molecule has 1 aromatic rings. The lowest BCUT2D eigenvalue weighted by molar-refractivity contribution is 0.0635. The molecular weight excluding hydrogens is 325 g/mol.